The van der Waals surface area contributed by atoms with E-state index in [0.717, 1.165) is 16.6 Å². The van der Waals surface area contributed by atoms with Crippen molar-refractivity contribution in [2.75, 3.05) is 36.8 Å². The number of amides is 2. The van der Waals surface area contributed by atoms with Crippen LogP contribution in [0.25, 0.3) is 16.4 Å². The summed E-state index contributed by atoms with van der Waals surface area (Å²) >= 11 is 6.00. The maximum Gasteiger partial charge on any atom is 0.471 e. The molecular weight excluding hydrogens is 583 g/mol. The van der Waals surface area contributed by atoms with E-state index in [1.165, 1.54) is 6.07 Å². The molecule has 1 aliphatic heterocycles. The molecule has 9 nitrogen and oxygen atoms in total. The zero-order valence-corrected chi connectivity index (χ0v) is 23.1. The molecule has 1 aliphatic rings. The number of piperazine rings is 1. The van der Waals surface area contributed by atoms with Crippen molar-refractivity contribution in [3.05, 3.63) is 71.5 Å². The third-order valence-corrected chi connectivity index (χ3v) is 8.83. The molecule has 1 saturated heterocycles. The molecule has 5 rings (SSSR count). The van der Waals surface area contributed by atoms with Gasteiger partial charge in [-0.1, -0.05) is 29.8 Å². The van der Waals surface area contributed by atoms with Crippen molar-refractivity contribution in [3.8, 4) is 0 Å². The molecule has 41 heavy (non-hydrogen) atoms. The third kappa shape index (κ3) is 6.41. The molecule has 216 valence electrons. The van der Waals surface area contributed by atoms with Gasteiger partial charge in [-0.25, -0.2) is 13.4 Å². The Morgan fingerprint density at radius 1 is 0.976 bits per heavy atom. The summed E-state index contributed by atoms with van der Waals surface area (Å²) < 4.78 is 65.1. The van der Waals surface area contributed by atoms with E-state index < -0.39 is 21.9 Å². The van der Waals surface area contributed by atoms with Crippen molar-refractivity contribution in [2.24, 2.45) is 0 Å². The van der Waals surface area contributed by atoms with Crippen molar-refractivity contribution in [3.63, 3.8) is 0 Å². The van der Waals surface area contributed by atoms with Gasteiger partial charge < -0.3 is 15.1 Å². The number of pyridine rings is 1. The van der Waals surface area contributed by atoms with E-state index in [2.05, 4.69) is 4.98 Å². The number of halogens is 4. The second-order valence-corrected chi connectivity index (χ2v) is 12.2. The second-order valence-electron chi connectivity index (χ2n) is 9.61. The predicted octanol–water partition coefficient (Wildman–Crippen LogP) is 3.83. The number of nitrogens with one attached hydrogen (secondary N) is 1. The third-order valence-electron chi connectivity index (χ3n) is 6.88. The number of hydrogen-bond acceptors (Lipinski definition) is 6. The number of sulfone groups is 1. The molecule has 4 aromatic rings. The number of alkyl halides is 3. The Morgan fingerprint density at radius 2 is 1.68 bits per heavy atom. The maximum absolute atomic E-state index is 12.9. The highest BCUT2D eigenvalue weighted by molar-refractivity contribution is 7.91. The maximum atomic E-state index is 12.9. The lowest BCUT2D eigenvalue weighted by molar-refractivity contribution is -0.173. The molecule has 0 radical (unpaired) electrons. The standard InChI is InChI=1S/C27H25ClF3N5O4S/c28-20-6-4-19-15-22(7-5-18(19)14-20)41(39,40)13-8-25(37)35-11-9-34(10-12-35)24-3-1-2-23-33-21(17-36(23)24)16-32-26(38)27(29,30)31/h1-7,14-15,17H,8-13,16H2,(H,32,38). The number of carbonyl (C=O) groups is 2. The topological polar surface area (TPSA) is 104 Å². The first-order valence-corrected chi connectivity index (χ1v) is 14.7. The molecule has 14 heteroatoms. The van der Waals surface area contributed by atoms with Crippen molar-refractivity contribution < 1.29 is 31.2 Å². The monoisotopic (exact) mass is 607 g/mol. The number of anilines is 1. The predicted molar refractivity (Wildman–Crippen MR) is 148 cm³/mol. The van der Waals surface area contributed by atoms with Gasteiger partial charge in [-0.3, -0.25) is 14.0 Å². The van der Waals surface area contributed by atoms with Gasteiger partial charge in [0.2, 0.25) is 5.91 Å². The summed E-state index contributed by atoms with van der Waals surface area (Å²) in [5.74, 6) is -1.88. The summed E-state index contributed by atoms with van der Waals surface area (Å²) in [6.45, 7) is 1.29. The zero-order valence-electron chi connectivity index (χ0n) is 21.6. The fourth-order valence-corrected chi connectivity index (χ4v) is 6.17. The van der Waals surface area contributed by atoms with Crippen LogP contribution >= 0.6 is 11.6 Å². The van der Waals surface area contributed by atoms with Gasteiger partial charge in [0.15, 0.2) is 9.84 Å². The summed E-state index contributed by atoms with van der Waals surface area (Å²) in [5.41, 5.74) is 0.763. The van der Waals surface area contributed by atoms with E-state index in [0.29, 0.717) is 36.8 Å². The van der Waals surface area contributed by atoms with Crippen LogP contribution in [0.1, 0.15) is 12.1 Å². The lowest BCUT2D eigenvalue weighted by Gasteiger charge is -2.36. The Kier molecular flexibility index (Phi) is 7.84. The minimum atomic E-state index is -4.97. The molecule has 3 heterocycles. The fraction of sp³-hybridized carbons (Fsp3) is 0.296. The van der Waals surface area contributed by atoms with Crippen LogP contribution < -0.4 is 10.2 Å². The number of imidazole rings is 1. The van der Waals surface area contributed by atoms with Crippen molar-refractivity contribution in [1.29, 1.82) is 0 Å². The van der Waals surface area contributed by atoms with Crippen molar-refractivity contribution >= 4 is 55.5 Å². The average molecular weight is 608 g/mol. The van der Waals surface area contributed by atoms with E-state index >= 15 is 0 Å². The Labute approximate surface area is 238 Å². The molecular formula is C27H25ClF3N5O4S. The molecule has 0 bridgehead atoms. The first-order chi connectivity index (χ1) is 19.4. The SMILES string of the molecule is O=C(CCS(=O)(=O)c1ccc2cc(Cl)ccc2c1)N1CCN(c2cccc3nc(CNC(=O)C(F)(F)F)cn23)CC1. The summed E-state index contributed by atoms with van der Waals surface area (Å²) in [6, 6.07) is 15.3. The average Bonchev–Trinajstić information content (AvgIpc) is 3.37. The van der Waals surface area contributed by atoms with Gasteiger partial charge in [0.25, 0.3) is 0 Å². The molecule has 0 saturated carbocycles. The minimum absolute atomic E-state index is 0.148. The normalized spacial score (nSPS) is 14.5. The second kappa shape index (κ2) is 11.2. The lowest BCUT2D eigenvalue weighted by Crippen LogP contribution is -2.49. The van der Waals surface area contributed by atoms with Gasteiger partial charge >= 0.3 is 12.1 Å². The van der Waals surface area contributed by atoms with Crippen molar-refractivity contribution in [1.82, 2.24) is 19.6 Å². The minimum Gasteiger partial charge on any atom is -0.354 e. The Morgan fingerprint density at radius 3 is 2.41 bits per heavy atom. The van der Waals surface area contributed by atoms with Crippen molar-refractivity contribution in [2.45, 2.75) is 24.0 Å². The van der Waals surface area contributed by atoms with E-state index in [4.69, 9.17) is 11.6 Å². The van der Waals surface area contributed by atoms with Gasteiger partial charge in [0.05, 0.1) is 22.9 Å². The Bertz CT molecular complexity index is 1730. The first-order valence-electron chi connectivity index (χ1n) is 12.7. The molecule has 0 unspecified atom stereocenters. The smallest absolute Gasteiger partial charge is 0.354 e. The van der Waals surface area contributed by atoms with Crippen LogP contribution in [0.3, 0.4) is 0 Å². The molecule has 2 aromatic carbocycles. The molecule has 1 N–H and O–H groups in total. The van der Waals surface area contributed by atoms with Crippen LogP contribution in [-0.2, 0) is 26.0 Å². The number of benzene rings is 2. The van der Waals surface area contributed by atoms with E-state index in [1.807, 2.05) is 16.3 Å². The van der Waals surface area contributed by atoms with Crippen LogP contribution in [0.15, 0.2) is 65.7 Å². The molecule has 0 atom stereocenters. The van der Waals surface area contributed by atoms with E-state index in [9.17, 15) is 31.2 Å². The van der Waals surface area contributed by atoms with Gasteiger partial charge in [0.1, 0.15) is 11.5 Å². The number of aromatic nitrogens is 2. The van der Waals surface area contributed by atoms with E-state index in [-0.39, 0.29) is 35.2 Å². The molecule has 2 aromatic heterocycles. The molecule has 0 aliphatic carbocycles. The summed E-state index contributed by atoms with van der Waals surface area (Å²) in [7, 11) is -3.68. The van der Waals surface area contributed by atoms with Gasteiger partial charge in [-0.15, -0.1) is 0 Å². The Balaban J connectivity index is 1.18. The van der Waals surface area contributed by atoms with Crippen LogP contribution in [0.5, 0.6) is 0 Å². The highest BCUT2D eigenvalue weighted by Gasteiger charge is 2.38. The summed E-state index contributed by atoms with van der Waals surface area (Å²) in [4.78, 5) is 32.1. The number of fused-ring (bicyclic) bond motifs is 2. The largest absolute Gasteiger partial charge is 0.471 e. The molecule has 0 spiro atoms. The number of hydrogen-bond donors (Lipinski definition) is 1. The summed E-state index contributed by atoms with van der Waals surface area (Å²) in [5, 5.41) is 3.93. The molecule has 2 amide bonds. The number of rotatable bonds is 7. The fourth-order valence-electron chi connectivity index (χ4n) is 4.73. The quantitative estimate of drug-likeness (QED) is 0.343. The van der Waals surface area contributed by atoms with Gasteiger partial charge in [0, 0.05) is 43.8 Å². The highest BCUT2D eigenvalue weighted by Crippen LogP contribution is 2.24. The van der Waals surface area contributed by atoms with Crippen LogP contribution in [0, 0.1) is 0 Å². The van der Waals surface area contributed by atoms with Crippen LogP contribution in [0.2, 0.25) is 5.02 Å². The van der Waals surface area contributed by atoms with E-state index in [1.54, 1.807) is 58.0 Å². The molecule has 1 fully saturated rings. The first kappa shape index (κ1) is 28.7. The Hall–Kier alpha value is -3.84. The lowest BCUT2D eigenvalue weighted by atomic mass is 10.1. The van der Waals surface area contributed by atoms with Gasteiger partial charge in [-0.2, -0.15) is 13.2 Å². The van der Waals surface area contributed by atoms with Gasteiger partial charge in [-0.05, 0) is 47.2 Å². The van der Waals surface area contributed by atoms with Crippen LogP contribution in [0.4, 0.5) is 19.0 Å². The zero-order chi connectivity index (χ0) is 29.4. The summed E-state index contributed by atoms with van der Waals surface area (Å²) in [6.07, 6.45) is -3.56. The number of carbonyl (C=O) groups excluding carboxylic acids is 2. The number of nitrogens with zero attached hydrogens (tertiary/aromatic N) is 4. The highest BCUT2D eigenvalue weighted by atomic mass is 35.5. The van der Waals surface area contributed by atoms with Crippen LogP contribution in [-0.4, -0.2) is 72.6 Å².